The molecule has 3 rings (SSSR count). The van der Waals surface area contributed by atoms with Gasteiger partial charge in [-0.1, -0.05) is 0 Å². The van der Waals surface area contributed by atoms with Crippen molar-refractivity contribution < 1.29 is 19.4 Å². The second-order valence-electron chi connectivity index (χ2n) is 6.03. The van der Waals surface area contributed by atoms with Crippen LogP contribution in [0.3, 0.4) is 0 Å². The van der Waals surface area contributed by atoms with Crippen LogP contribution >= 0.6 is 0 Å². The standard InChI is InChI=1S/C14H23NO4/c16-6-1-14(11-13(14)2-7-18-8-3-13)12(17)15-4-9-19-10-5-15/h16H,1-11H2. The SMILES string of the molecule is O=C(N1CCOCC1)C1(CCO)CC12CCOCC2. The van der Waals surface area contributed by atoms with Crippen molar-refractivity contribution in [2.45, 2.75) is 25.7 Å². The molecule has 1 atom stereocenters. The first-order valence-corrected chi connectivity index (χ1v) is 7.30. The van der Waals surface area contributed by atoms with Gasteiger partial charge >= 0.3 is 0 Å². The van der Waals surface area contributed by atoms with E-state index >= 15 is 0 Å². The third kappa shape index (κ3) is 2.08. The minimum Gasteiger partial charge on any atom is -0.396 e. The van der Waals surface area contributed by atoms with Gasteiger partial charge in [-0.25, -0.2) is 0 Å². The lowest BCUT2D eigenvalue weighted by atomic mass is 9.83. The summed E-state index contributed by atoms with van der Waals surface area (Å²) in [6.45, 7) is 4.26. The molecule has 0 aromatic heterocycles. The van der Waals surface area contributed by atoms with Crippen LogP contribution in [0.15, 0.2) is 0 Å². The number of nitrogens with zero attached hydrogens (tertiary/aromatic N) is 1. The summed E-state index contributed by atoms with van der Waals surface area (Å²) in [6.07, 6.45) is 3.45. The highest BCUT2D eigenvalue weighted by Crippen LogP contribution is 2.71. The molecule has 3 fully saturated rings. The number of carbonyl (C=O) groups is 1. The van der Waals surface area contributed by atoms with Gasteiger partial charge in [0, 0.05) is 32.9 Å². The molecule has 0 aromatic carbocycles. The van der Waals surface area contributed by atoms with Crippen LogP contribution < -0.4 is 0 Å². The molecule has 2 saturated heterocycles. The normalized spacial score (nSPS) is 33.4. The van der Waals surface area contributed by atoms with Gasteiger partial charge in [-0.2, -0.15) is 0 Å². The molecule has 19 heavy (non-hydrogen) atoms. The monoisotopic (exact) mass is 269 g/mol. The van der Waals surface area contributed by atoms with Crippen molar-refractivity contribution in [2.75, 3.05) is 46.1 Å². The van der Waals surface area contributed by atoms with Crippen LogP contribution in [-0.4, -0.2) is 62.0 Å². The smallest absolute Gasteiger partial charge is 0.229 e. The van der Waals surface area contributed by atoms with E-state index in [0.717, 1.165) is 32.5 Å². The number of carbonyl (C=O) groups excluding carboxylic acids is 1. The fourth-order valence-electron chi connectivity index (χ4n) is 3.97. The molecule has 0 aromatic rings. The minimum atomic E-state index is -0.317. The maximum atomic E-state index is 12.9. The molecule has 1 amide bonds. The van der Waals surface area contributed by atoms with E-state index in [1.165, 1.54) is 0 Å². The summed E-state index contributed by atoms with van der Waals surface area (Å²) < 4.78 is 10.8. The average Bonchev–Trinajstić information content (AvgIpc) is 3.07. The molecule has 0 radical (unpaired) electrons. The second-order valence-corrected chi connectivity index (χ2v) is 6.03. The van der Waals surface area contributed by atoms with Crippen LogP contribution in [0.2, 0.25) is 0 Å². The second kappa shape index (κ2) is 5.04. The van der Waals surface area contributed by atoms with Crippen molar-refractivity contribution in [3.8, 4) is 0 Å². The average molecular weight is 269 g/mol. The predicted octanol–water partition coefficient (Wildman–Crippen LogP) is 0.414. The highest BCUT2D eigenvalue weighted by Gasteiger charge is 2.71. The fraction of sp³-hybridized carbons (Fsp3) is 0.929. The van der Waals surface area contributed by atoms with E-state index in [9.17, 15) is 9.90 Å². The third-order valence-electron chi connectivity index (χ3n) is 5.23. The van der Waals surface area contributed by atoms with Gasteiger partial charge in [0.2, 0.25) is 5.91 Å². The lowest BCUT2D eigenvalue weighted by molar-refractivity contribution is -0.144. The first-order chi connectivity index (χ1) is 9.24. The number of hydrogen-bond acceptors (Lipinski definition) is 4. The van der Waals surface area contributed by atoms with Gasteiger partial charge in [0.1, 0.15) is 0 Å². The molecule has 0 bridgehead atoms. The molecule has 2 aliphatic heterocycles. The summed E-state index contributed by atoms with van der Waals surface area (Å²) >= 11 is 0. The van der Waals surface area contributed by atoms with E-state index in [-0.39, 0.29) is 23.3 Å². The Hall–Kier alpha value is -0.650. The summed E-state index contributed by atoms with van der Waals surface area (Å²) in [5, 5.41) is 9.38. The Kier molecular flexibility index (Phi) is 3.53. The van der Waals surface area contributed by atoms with Crippen molar-refractivity contribution in [1.82, 2.24) is 4.90 Å². The Morgan fingerprint density at radius 2 is 1.74 bits per heavy atom. The summed E-state index contributed by atoms with van der Waals surface area (Å²) in [6, 6.07) is 0. The van der Waals surface area contributed by atoms with E-state index in [2.05, 4.69) is 0 Å². The maximum Gasteiger partial charge on any atom is 0.229 e. The molecule has 2 heterocycles. The molecule has 5 nitrogen and oxygen atoms in total. The zero-order valence-corrected chi connectivity index (χ0v) is 11.4. The Bertz CT molecular complexity index is 347. The van der Waals surface area contributed by atoms with Gasteiger partial charge in [-0.15, -0.1) is 0 Å². The van der Waals surface area contributed by atoms with Crippen LogP contribution in [0.1, 0.15) is 25.7 Å². The van der Waals surface area contributed by atoms with Crippen molar-refractivity contribution in [3.63, 3.8) is 0 Å². The van der Waals surface area contributed by atoms with Gasteiger partial charge < -0.3 is 19.5 Å². The molecule has 1 saturated carbocycles. The third-order valence-corrected chi connectivity index (χ3v) is 5.23. The van der Waals surface area contributed by atoms with E-state index < -0.39 is 0 Å². The molecular weight excluding hydrogens is 246 g/mol. The summed E-state index contributed by atoms with van der Waals surface area (Å²) in [7, 11) is 0. The molecule has 1 spiro atoms. The lowest BCUT2D eigenvalue weighted by Crippen LogP contribution is -2.46. The fourth-order valence-corrected chi connectivity index (χ4v) is 3.97. The topological polar surface area (TPSA) is 59.0 Å². The van der Waals surface area contributed by atoms with Crippen LogP contribution in [0.25, 0.3) is 0 Å². The summed E-state index contributed by atoms with van der Waals surface area (Å²) in [5.74, 6) is 0.242. The highest BCUT2D eigenvalue weighted by atomic mass is 16.5. The van der Waals surface area contributed by atoms with Crippen LogP contribution in [-0.2, 0) is 14.3 Å². The molecule has 108 valence electrons. The number of amides is 1. The van der Waals surface area contributed by atoms with E-state index in [1.807, 2.05) is 4.90 Å². The quantitative estimate of drug-likeness (QED) is 0.806. The van der Waals surface area contributed by atoms with Crippen molar-refractivity contribution >= 4 is 5.91 Å². The van der Waals surface area contributed by atoms with Crippen LogP contribution in [0.4, 0.5) is 0 Å². The van der Waals surface area contributed by atoms with Gasteiger partial charge in [0.05, 0.1) is 18.6 Å². The van der Waals surface area contributed by atoms with Crippen molar-refractivity contribution in [3.05, 3.63) is 0 Å². The minimum absolute atomic E-state index is 0.0959. The number of hydrogen-bond donors (Lipinski definition) is 1. The zero-order valence-electron chi connectivity index (χ0n) is 11.4. The first-order valence-electron chi connectivity index (χ1n) is 7.30. The maximum absolute atomic E-state index is 12.9. The lowest BCUT2D eigenvalue weighted by Gasteiger charge is -2.34. The van der Waals surface area contributed by atoms with Gasteiger partial charge in [0.15, 0.2) is 0 Å². The van der Waals surface area contributed by atoms with E-state index in [4.69, 9.17) is 9.47 Å². The summed E-state index contributed by atoms with van der Waals surface area (Å²) in [4.78, 5) is 14.8. The van der Waals surface area contributed by atoms with Gasteiger partial charge in [-0.05, 0) is 31.1 Å². The number of ether oxygens (including phenoxy) is 2. The Labute approximate surface area is 113 Å². The first kappa shape index (κ1) is 13.3. The van der Waals surface area contributed by atoms with E-state index in [0.29, 0.717) is 32.7 Å². The molecule has 3 aliphatic rings. The van der Waals surface area contributed by atoms with E-state index in [1.54, 1.807) is 0 Å². The Morgan fingerprint density at radius 1 is 1.11 bits per heavy atom. The number of aliphatic hydroxyl groups excluding tert-OH is 1. The zero-order chi connectivity index (χ0) is 13.3. The van der Waals surface area contributed by atoms with Crippen LogP contribution in [0, 0.1) is 10.8 Å². The number of morpholine rings is 1. The molecule has 1 N–H and O–H groups in total. The Morgan fingerprint density at radius 3 is 2.37 bits per heavy atom. The van der Waals surface area contributed by atoms with Crippen molar-refractivity contribution in [1.29, 1.82) is 0 Å². The highest BCUT2D eigenvalue weighted by molar-refractivity contribution is 5.87. The molecular formula is C14H23NO4. The number of rotatable bonds is 3. The molecule has 1 unspecified atom stereocenters. The molecule has 1 aliphatic carbocycles. The Balaban J connectivity index is 1.75. The van der Waals surface area contributed by atoms with Gasteiger partial charge in [-0.3, -0.25) is 4.79 Å². The largest absolute Gasteiger partial charge is 0.396 e. The number of aliphatic hydroxyl groups is 1. The molecule has 5 heteroatoms. The van der Waals surface area contributed by atoms with Crippen LogP contribution in [0.5, 0.6) is 0 Å². The van der Waals surface area contributed by atoms with Gasteiger partial charge in [0.25, 0.3) is 0 Å². The van der Waals surface area contributed by atoms with Crippen molar-refractivity contribution in [2.24, 2.45) is 10.8 Å². The predicted molar refractivity (Wildman–Crippen MR) is 68.6 cm³/mol. The summed E-state index contributed by atoms with van der Waals surface area (Å²) in [5.41, 5.74) is -0.216.